The minimum absolute atomic E-state index is 0.0518. The average molecular weight is 322 g/mol. The zero-order chi connectivity index (χ0) is 15.0. The quantitative estimate of drug-likeness (QED) is 0.945. The molecular formula is C15H18N2O2S2. The van der Waals surface area contributed by atoms with Gasteiger partial charge < -0.3 is 10.0 Å². The van der Waals surface area contributed by atoms with E-state index < -0.39 is 0 Å². The summed E-state index contributed by atoms with van der Waals surface area (Å²) in [4.78, 5) is 20.8. The number of carbonyl (C=O) groups excluding carboxylic acids is 1. The molecule has 3 heterocycles. The molecule has 6 heteroatoms. The molecule has 0 aliphatic carbocycles. The highest BCUT2D eigenvalue weighted by Crippen LogP contribution is 2.32. The first-order chi connectivity index (χ1) is 10.1. The van der Waals surface area contributed by atoms with Gasteiger partial charge in [-0.2, -0.15) is 0 Å². The van der Waals surface area contributed by atoms with Crippen molar-refractivity contribution >= 4 is 28.6 Å². The van der Waals surface area contributed by atoms with E-state index in [1.807, 2.05) is 29.3 Å². The molecule has 2 unspecified atom stereocenters. The Labute approximate surface area is 132 Å². The number of aliphatic hydroxyl groups excluding tert-OH is 1. The molecule has 0 bridgehead atoms. The predicted octanol–water partition coefficient (Wildman–Crippen LogP) is 3.02. The second kappa shape index (κ2) is 5.87. The number of amides is 1. The Kier molecular flexibility index (Phi) is 4.10. The van der Waals surface area contributed by atoms with E-state index in [1.165, 1.54) is 11.3 Å². The summed E-state index contributed by atoms with van der Waals surface area (Å²) in [5, 5.41) is 12.6. The largest absolute Gasteiger partial charge is 0.393 e. The van der Waals surface area contributed by atoms with Crippen LogP contribution in [0.1, 0.15) is 28.7 Å². The average Bonchev–Trinajstić information content (AvgIpc) is 3.18. The van der Waals surface area contributed by atoms with Crippen molar-refractivity contribution in [2.45, 2.75) is 26.4 Å². The second-order valence-corrected chi connectivity index (χ2v) is 7.40. The summed E-state index contributed by atoms with van der Waals surface area (Å²) in [5.41, 5.74) is 0.800. The zero-order valence-corrected chi connectivity index (χ0v) is 13.7. The molecule has 2 aromatic heterocycles. The van der Waals surface area contributed by atoms with Crippen LogP contribution in [0.25, 0.3) is 9.88 Å². The number of likely N-dealkylation sites (tertiary alicyclic amines) is 1. The molecule has 2 atom stereocenters. The van der Waals surface area contributed by atoms with Crippen molar-refractivity contribution in [3.05, 3.63) is 28.1 Å². The lowest BCUT2D eigenvalue weighted by Crippen LogP contribution is -2.30. The Balaban J connectivity index is 1.80. The van der Waals surface area contributed by atoms with E-state index in [4.69, 9.17) is 0 Å². The maximum atomic E-state index is 12.6. The highest BCUT2D eigenvalue weighted by atomic mass is 32.1. The van der Waals surface area contributed by atoms with Crippen molar-refractivity contribution in [1.29, 1.82) is 0 Å². The molecule has 1 aliphatic heterocycles. The van der Waals surface area contributed by atoms with E-state index in [9.17, 15) is 9.90 Å². The van der Waals surface area contributed by atoms with Gasteiger partial charge in [0.1, 0.15) is 9.88 Å². The normalized spacial score (nSPS) is 20.0. The van der Waals surface area contributed by atoms with Gasteiger partial charge in [-0.1, -0.05) is 6.07 Å². The van der Waals surface area contributed by atoms with E-state index in [0.29, 0.717) is 6.54 Å². The highest BCUT2D eigenvalue weighted by Gasteiger charge is 2.31. The fourth-order valence-electron chi connectivity index (χ4n) is 2.61. The first-order valence-corrected chi connectivity index (χ1v) is 8.74. The van der Waals surface area contributed by atoms with Gasteiger partial charge in [0.2, 0.25) is 0 Å². The molecule has 1 amide bonds. The lowest BCUT2D eigenvalue weighted by molar-refractivity contribution is 0.0766. The van der Waals surface area contributed by atoms with Gasteiger partial charge in [0.15, 0.2) is 0 Å². The fourth-order valence-corrected chi connectivity index (χ4v) is 4.44. The zero-order valence-electron chi connectivity index (χ0n) is 12.1. The summed E-state index contributed by atoms with van der Waals surface area (Å²) in [6.45, 7) is 5.05. The molecule has 21 heavy (non-hydrogen) atoms. The van der Waals surface area contributed by atoms with Crippen LogP contribution in [-0.2, 0) is 0 Å². The minimum atomic E-state index is -0.355. The lowest BCUT2D eigenvalue weighted by atomic mass is 10.0. The third kappa shape index (κ3) is 2.88. The molecule has 4 nitrogen and oxygen atoms in total. The van der Waals surface area contributed by atoms with Crippen LogP contribution in [0, 0.1) is 12.8 Å². The van der Waals surface area contributed by atoms with Crippen molar-refractivity contribution in [3.8, 4) is 9.88 Å². The molecule has 1 fully saturated rings. The van der Waals surface area contributed by atoms with Crippen LogP contribution in [0.2, 0.25) is 0 Å². The predicted molar refractivity (Wildman–Crippen MR) is 85.9 cm³/mol. The molecule has 0 saturated carbocycles. The molecule has 2 aromatic rings. The number of aromatic nitrogens is 1. The third-order valence-corrected chi connectivity index (χ3v) is 6.10. The molecule has 0 radical (unpaired) electrons. The van der Waals surface area contributed by atoms with Crippen LogP contribution in [0.4, 0.5) is 0 Å². The van der Waals surface area contributed by atoms with E-state index in [1.54, 1.807) is 18.3 Å². The number of aliphatic hydroxyl groups is 1. The van der Waals surface area contributed by atoms with Gasteiger partial charge in [0.25, 0.3) is 5.91 Å². The molecule has 3 rings (SSSR count). The number of carbonyl (C=O) groups is 1. The van der Waals surface area contributed by atoms with E-state index >= 15 is 0 Å². The summed E-state index contributed by atoms with van der Waals surface area (Å²) in [6.07, 6.45) is 0.519. The summed E-state index contributed by atoms with van der Waals surface area (Å²) in [7, 11) is 0. The van der Waals surface area contributed by atoms with Gasteiger partial charge in [0.05, 0.1) is 16.7 Å². The fraction of sp³-hybridized carbons (Fsp3) is 0.467. The Morgan fingerprint density at radius 2 is 2.38 bits per heavy atom. The Morgan fingerprint density at radius 1 is 1.57 bits per heavy atom. The Morgan fingerprint density at radius 3 is 3.00 bits per heavy atom. The Hall–Kier alpha value is -1.24. The topological polar surface area (TPSA) is 53.4 Å². The molecule has 0 spiro atoms. The number of aryl methyl sites for hydroxylation is 1. The van der Waals surface area contributed by atoms with Crippen LogP contribution < -0.4 is 0 Å². The van der Waals surface area contributed by atoms with Crippen LogP contribution in [0.3, 0.4) is 0 Å². The number of hydrogen-bond acceptors (Lipinski definition) is 5. The molecule has 0 aromatic carbocycles. The van der Waals surface area contributed by atoms with Crippen LogP contribution >= 0.6 is 22.7 Å². The van der Waals surface area contributed by atoms with E-state index in [2.05, 4.69) is 4.98 Å². The summed E-state index contributed by atoms with van der Waals surface area (Å²) >= 11 is 3.10. The maximum Gasteiger partial charge on any atom is 0.265 e. The van der Waals surface area contributed by atoms with Gasteiger partial charge in [-0.15, -0.1) is 22.7 Å². The number of thiazole rings is 1. The third-order valence-electron chi connectivity index (χ3n) is 3.92. The molecule has 1 saturated heterocycles. The van der Waals surface area contributed by atoms with Crippen molar-refractivity contribution < 1.29 is 9.90 Å². The van der Waals surface area contributed by atoms with Gasteiger partial charge >= 0.3 is 0 Å². The standard InChI is InChI=1S/C15H18N2O2S2/c1-9-13(21-14(16-9)12-4-3-7-20-12)15(19)17-6-5-11(8-17)10(2)18/h3-4,7,10-11,18H,5-6,8H2,1-2H3. The van der Waals surface area contributed by atoms with Crippen molar-refractivity contribution in [2.75, 3.05) is 13.1 Å². The molecular weight excluding hydrogens is 304 g/mol. The monoisotopic (exact) mass is 322 g/mol. The van der Waals surface area contributed by atoms with Crippen LogP contribution in [0.15, 0.2) is 17.5 Å². The number of thiophene rings is 1. The van der Waals surface area contributed by atoms with Crippen LogP contribution in [0.5, 0.6) is 0 Å². The van der Waals surface area contributed by atoms with Crippen molar-refractivity contribution in [1.82, 2.24) is 9.88 Å². The summed E-state index contributed by atoms with van der Waals surface area (Å²) < 4.78 is 0. The van der Waals surface area contributed by atoms with Crippen LogP contribution in [-0.4, -0.2) is 40.1 Å². The van der Waals surface area contributed by atoms with Gasteiger partial charge in [-0.05, 0) is 31.7 Å². The number of rotatable bonds is 3. The second-order valence-electron chi connectivity index (χ2n) is 5.45. The van der Waals surface area contributed by atoms with Crippen molar-refractivity contribution in [3.63, 3.8) is 0 Å². The van der Waals surface area contributed by atoms with E-state index in [0.717, 1.165) is 33.4 Å². The summed E-state index contributed by atoms with van der Waals surface area (Å²) in [6, 6.07) is 4.02. The van der Waals surface area contributed by atoms with Crippen molar-refractivity contribution in [2.24, 2.45) is 5.92 Å². The Bertz CT molecular complexity index is 634. The summed E-state index contributed by atoms with van der Waals surface area (Å²) in [5.74, 6) is 0.245. The molecule has 112 valence electrons. The van der Waals surface area contributed by atoms with E-state index in [-0.39, 0.29) is 17.9 Å². The maximum absolute atomic E-state index is 12.6. The van der Waals surface area contributed by atoms with Gasteiger partial charge in [0, 0.05) is 19.0 Å². The minimum Gasteiger partial charge on any atom is -0.393 e. The van der Waals surface area contributed by atoms with Gasteiger partial charge in [-0.25, -0.2) is 4.98 Å². The number of hydrogen-bond donors (Lipinski definition) is 1. The highest BCUT2D eigenvalue weighted by molar-refractivity contribution is 7.22. The number of nitrogens with zero attached hydrogens (tertiary/aromatic N) is 2. The first-order valence-electron chi connectivity index (χ1n) is 7.05. The lowest BCUT2D eigenvalue weighted by Gasteiger charge is -2.17. The molecule has 1 aliphatic rings. The first kappa shape index (κ1) is 14.7. The SMILES string of the molecule is Cc1nc(-c2cccs2)sc1C(=O)N1CCC(C(C)O)C1. The molecule has 1 N–H and O–H groups in total. The smallest absolute Gasteiger partial charge is 0.265 e. The van der Waals surface area contributed by atoms with Gasteiger partial charge in [-0.3, -0.25) is 4.79 Å².